The molecule has 8 nitrogen and oxygen atoms in total. The van der Waals surface area contributed by atoms with Gasteiger partial charge in [0.15, 0.2) is 9.84 Å². The first-order valence-corrected chi connectivity index (χ1v) is 12.5. The number of carbonyl (C=O) groups is 1. The third kappa shape index (κ3) is 4.50. The zero-order valence-electron chi connectivity index (χ0n) is 19.2. The zero-order valence-corrected chi connectivity index (χ0v) is 20.0. The van der Waals surface area contributed by atoms with Crippen LogP contribution in [0.25, 0.3) is 11.3 Å². The van der Waals surface area contributed by atoms with Gasteiger partial charge in [0.2, 0.25) is 0 Å². The van der Waals surface area contributed by atoms with Gasteiger partial charge in [-0.25, -0.2) is 12.8 Å². The van der Waals surface area contributed by atoms with Crippen LogP contribution >= 0.6 is 0 Å². The molecule has 0 saturated carbocycles. The quantitative estimate of drug-likeness (QED) is 0.549. The van der Waals surface area contributed by atoms with E-state index < -0.39 is 20.9 Å². The number of aromatic nitrogens is 2. The van der Waals surface area contributed by atoms with Crippen LogP contribution in [0.4, 0.5) is 4.39 Å². The molecule has 180 valence electrons. The highest BCUT2D eigenvalue weighted by Crippen LogP contribution is 2.34. The number of hydrogen-bond acceptors (Lipinski definition) is 6. The summed E-state index contributed by atoms with van der Waals surface area (Å²) in [4.78, 5) is 14.8. The lowest BCUT2D eigenvalue weighted by atomic mass is 10.1. The van der Waals surface area contributed by atoms with Crippen molar-refractivity contribution in [2.45, 2.75) is 11.7 Å². The molecule has 3 aromatic rings. The lowest BCUT2D eigenvalue weighted by Gasteiger charge is -2.20. The molecule has 0 spiro atoms. The van der Waals surface area contributed by atoms with Crippen LogP contribution < -0.4 is 9.47 Å². The summed E-state index contributed by atoms with van der Waals surface area (Å²) in [7, 11) is 1.12. The lowest BCUT2D eigenvalue weighted by Crippen LogP contribution is -2.34. The van der Waals surface area contributed by atoms with Gasteiger partial charge in [0.25, 0.3) is 5.91 Å². The second kappa shape index (κ2) is 9.46. The van der Waals surface area contributed by atoms with E-state index in [9.17, 15) is 17.6 Å². The average Bonchev–Trinajstić information content (AvgIpc) is 3.14. The number of halogens is 1. The lowest BCUT2D eigenvalue weighted by molar-refractivity contribution is 0.0755. The summed E-state index contributed by atoms with van der Waals surface area (Å²) in [6.45, 7) is 0.204. The van der Waals surface area contributed by atoms with Gasteiger partial charge in [0, 0.05) is 31.3 Å². The molecule has 2 heterocycles. The summed E-state index contributed by atoms with van der Waals surface area (Å²) in [6, 6.07) is 12.8. The number of ether oxygens (including phenoxy) is 2. The predicted molar refractivity (Wildman–Crippen MR) is 125 cm³/mol. The van der Waals surface area contributed by atoms with Crippen LogP contribution in [0.5, 0.6) is 11.5 Å². The standard InChI is InChI=1S/C24H26FN3O5S/c1-27-21(15-20(26-27)18-14-16(32-2)8-9-22(18)33-3)24(29)28-11-10-23(34(30,31)13-12-28)17-6-4-5-7-19(17)25/h4-9,14-15,23H,10-13H2,1-3H3. The number of carbonyl (C=O) groups excluding carboxylic acids is 1. The molecule has 4 rings (SSSR count). The van der Waals surface area contributed by atoms with Crippen LogP contribution in [-0.2, 0) is 16.9 Å². The molecular formula is C24H26FN3O5S. The summed E-state index contributed by atoms with van der Waals surface area (Å²) in [5.74, 6) is 0.0520. The normalized spacial score (nSPS) is 17.8. The maximum absolute atomic E-state index is 14.3. The van der Waals surface area contributed by atoms with E-state index in [0.29, 0.717) is 28.5 Å². The number of methoxy groups -OCH3 is 2. The number of amides is 1. The number of nitrogens with zero attached hydrogens (tertiary/aromatic N) is 3. The molecule has 1 atom stereocenters. The van der Waals surface area contributed by atoms with Crippen molar-refractivity contribution in [1.29, 1.82) is 0 Å². The van der Waals surface area contributed by atoms with Crippen LogP contribution in [0.3, 0.4) is 0 Å². The Hall–Kier alpha value is -3.40. The second-order valence-corrected chi connectivity index (χ2v) is 10.4. The van der Waals surface area contributed by atoms with E-state index in [1.54, 1.807) is 51.6 Å². The first-order valence-electron chi connectivity index (χ1n) is 10.8. The molecule has 0 radical (unpaired) electrons. The van der Waals surface area contributed by atoms with E-state index in [1.807, 2.05) is 0 Å². The average molecular weight is 488 g/mol. The third-order valence-corrected chi connectivity index (χ3v) is 8.17. The van der Waals surface area contributed by atoms with Gasteiger partial charge in [0.05, 0.1) is 30.9 Å². The fourth-order valence-electron chi connectivity index (χ4n) is 4.21. The minimum Gasteiger partial charge on any atom is -0.497 e. The molecular weight excluding hydrogens is 461 g/mol. The highest BCUT2D eigenvalue weighted by molar-refractivity contribution is 7.91. The molecule has 1 unspecified atom stereocenters. The number of hydrogen-bond donors (Lipinski definition) is 0. The fourth-order valence-corrected chi connectivity index (χ4v) is 6.01. The number of aryl methyl sites for hydroxylation is 1. The summed E-state index contributed by atoms with van der Waals surface area (Å²) in [5, 5.41) is 3.48. The molecule has 0 aliphatic carbocycles. The third-order valence-electron chi connectivity index (χ3n) is 6.06. The van der Waals surface area contributed by atoms with E-state index in [2.05, 4.69) is 5.10 Å². The summed E-state index contributed by atoms with van der Waals surface area (Å²) >= 11 is 0. The van der Waals surface area contributed by atoms with Crippen molar-refractivity contribution in [2.75, 3.05) is 33.1 Å². The van der Waals surface area contributed by atoms with Crippen molar-refractivity contribution in [1.82, 2.24) is 14.7 Å². The number of rotatable bonds is 5. The van der Waals surface area contributed by atoms with Crippen LogP contribution in [0.1, 0.15) is 27.7 Å². The molecule has 1 amide bonds. The van der Waals surface area contributed by atoms with Crippen LogP contribution in [0.2, 0.25) is 0 Å². The monoisotopic (exact) mass is 487 g/mol. The Balaban J connectivity index is 1.61. The maximum Gasteiger partial charge on any atom is 0.272 e. The molecule has 0 bridgehead atoms. The predicted octanol–water partition coefficient (Wildman–Crippen LogP) is 3.25. The highest BCUT2D eigenvalue weighted by atomic mass is 32.2. The van der Waals surface area contributed by atoms with Gasteiger partial charge < -0.3 is 14.4 Å². The minimum atomic E-state index is -3.64. The van der Waals surface area contributed by atoms with E-state index in [0.717, 1.165) is 0 Å². The van der Waals surface area contributed by atoms with Gasteiger partial charge in [-0.2, -0.15) is 5.10 Å². The van der Waals surface area contributed by atoms with Crippen molar-refractivity contribution in [3.8, 4) is 22.8 Å². The largest absolute Gasteiger partial charge is 0.497 e. The van der Waals surface area contributed by atoms with Crippen molar-refractivity contribution in [3.05, 3.63) is 65.6 Å². The van der Waals surface area contributed by atoms with Crippen LogP contribution in [0.15, 0.2) is 48.5 Å². The first-order chi connectivity index (χ1) is 16.2. The molecule has 1 fully saturated rings. The van der Waals surface area contributed by atoms with Gasteiger partial charge in [-0.15, -0.1) is 0 Å². The Kier molecular flexibility index (Phi) is 6.60. The van der Waals surface area contributed by atoms with Crippen LogP contribution in [-0.4, -0.2) is 62.1 Å². The zero-order chi connectivity index (χ0) is 24.5. The van der Waals surface area contributed by atoms with Gasteiger partial charge >= 0.3 is 0 Å². The summed E-state index contributed by atoms with van der Waals surface area (Å²) in [6.07, 6.45) is 0.115. The Morgan fingerprint density at radius 2 is 1.85 bits per heavy atom. The van der Waals surface area contributed by atoms with E-state index in [1.165, 1.54) is 27.8 Å². The SMILES string of the molecule is COc1ccc(OC)c(-c2cc(C(=O)N3CCC(c4ccccc4F)S(=O)(=O)CC3)n(C)n2)c1. The molecule has 34 heavy (non-hydrogen) atoms. The van der Waals surface area contributed by atoms with E-state index in [4.69, 9.17) is 9.47 Å². The minimum absolute atomic E-state index is 0.0229. The van der Waals surface area contributed by atoms with Gasteiger partial charge in [-0.05, 0) is 36.8 Å². The molecule has 1 aliphatic heterocycles. The fraction of sp³-hybridized carbons (Fsp3) is 0.333. The summed E-state index contributed by atoms with van der Waals surface area (Å²) < 4.78 is 52.3. The van der Waals surface area contributed by atoms with Gasteiger partial charge in [-0.3, -0.25) is 9.48 Å². The molecule has 10 heteroatoms. The highest BCUT2D eigenvalue weighted by Gasteiger charge is 2.35. The number of benzene rings is 2. The van der Waals surface area contributed by atoms with Crippen molar-refractivity contribution in [2.24, 2.45) is 7.05 Å². The van der Waals surface area contributed by atoms with E-state index in [-0.39, 0.29) is 36.7 Å². The molecule has 1 aromatic heterocycles. The van der Waals surface area contributed by atoms with Crippen molar-refractivity contribution in [3.63, 3.8) is 0 Å². The van der Waals surface area contributed by atoms with Gasteiger partial charge in [0.1, 0.15) is 23.0 Å². The van der Waals surface area contributed by atoms with E-state index >= 15 is 0 Å². The van der Waals surface area contributed by atoms with Gasteiger partial charge in [-0.1, -0.05) is 18.2 Å². The van der Waals surface area contributed by atoms with Crippen molar-refractivity contribution < 1.29 is 27.1 Å². The molecule has 2 aromatic carbocycles. The molecule has 1 aliphatic rings. The smallest absolute Gasteiger partial charge is 0.272 e. The number of sulfone groups is 1. The Labute approximate surface area is 197 Å². The summed E-state index contributed by atoms with van der Waals surface area (Å²) in [5.41, 5.74) is 1.63. The Morgan fingerprint density at radius 1 is 1.09 bits per heavy atom. The Morgan fingerprint density at radius 3 is 2.56 bits per heavy atom. The molecule has 1 saturated heterocycles. The second-order valence-electron chi connectivity index (χ2n) is 8.06. The first kappa shape index (κ1) is 23.7. The van der Waals surface area contributed by atoms with Crippen LogP contribution in [0, 0.1) is 5.82 Å². The molecule has 0 N–H and O–H groups in total. The van der Waals surface area contributed by atoms with Crippen molar-refractivity contribution >= 4 is 15.7 Å². The Bertz CT molecular complexity index is 1320. The topological polar surface area (TPSA) is 90.7 Å². The maximum atomic E-state index is 14.3.